The van der Waals surface area contributed by atoms with Crippen molar-refractivity contribution in [2.75, 3.05) is 0 Å². The van der Waals surface area contributed by atoms with E-state index >= 15 is 0 Å². The molecule has 0 spiro atoms. The molecular formula is C125H165As2BN5O2P2+5. The van der Waals surface area contributed by atoms with Gasteiger partial charge in [-0.1, -0.05) is 352 Å². The molecule has 15 heterocycles. The van der Waals surface area contributed by atoms with Crippen molar-refractivity contribution in [1.29, 1.82) is 0 Å². The van der Waals surface area contributed by atoms with Crippen molar-refractivity contribution in [2.45, 2.75) is 275 Å². The maximum atomic E-state index is 14.3. The number of pyridine rings is 5. The van der Waals surface area contributed by atoms with Gasteiger partial charge < -0.3 is 4.57 Å². The average Bonchev–Trinajstić information content (AvgIpc) is 1.53. The summed E-state index contributed by atoms with van der Waals surface area (Å²) in [6.07, 6.45) is 0. The Hall–Kier alpha value is -10.5. The SMILES string of the molecule is CC.CC.CC.CC.CC.CC.CC.CC.CC.CC.CC.CC.CC.CC.CC.Cc1ccc2c3[n+]1Cc1ccccc1B3c1ccccc1-2.Cc1ccc2c3[n+]1Cc1ccccc1P3(=O)c1ccccc1-2.Cc1ccc2c3[n+]1Cc1ccccc1[As]3(=O)c1ccccc1-2.Cc1ccc2c3[n+]1Cc1ccccc1[As]3c1ccccc1-2.Cc1ccc2c3ccccc3p3c2[n+]1Cc1ccccc1-3. The number of nitrogens with zero attached hydrogens (tertiary/aromatic N) is 5. The van der Waals surface area contributed by atoms with Crippen LogP contribution < -0.4 is 81.8 Å². The molecule has 137 heavy (non-hydrogen) atoms. The molecule has 0 aliphatic carbocycles. The first-order valence-corrected chi connectivity index (χ1v) is 61.8. The molecule has 9 aliphatic rings. The average molecular weight is 1990 g/mol. The van der Waals surface area contributed by atoms with Gasteiger partial charge in [-0.3, -0.25) is 0 Å². The summed E-state index contributed by atoms with van der Waals surface area (Å²) in [5.41, 5.74) is 29.1. The Morgan fingerprint density at radius 2 is 0.686 bits per heavy atom. The molecule has 4 unspecified atom stereocenters. The third-order valence-corrected chi connectivity index (χ3v) is 42.5. The molecule has 7 nitrogen and oxygen atoms in total. The van der Waals surface area contributed by atoms with Crippen molar-refractivity contribution in [3.8, 4) is 49.8 Å². The zero-order chi connectivity index (χ0) is 102. The van der Waals surface area contributed by atoms with Gasteiger partial charge >= 0.3 is 267 Å². The molecule has 16 aromatic rings. The first kappa shape index (κ1) is 115. The molecule has 0 bridgehead atoms. The number of fused-ring (bicyclic) bond motifs is 25. The second kappa shape index (κ2) is 56.5. The van der Waals surface area contributed by atoms with E-state index in [2.05, 4.69) is 300 Å². The van der Waals surface area contributed by atoms with Gasteiger partial charge in [0, 0.05) is 93.2 Å². The number of hydrogen-bond donors (Lipinski definition) is 0. The van der Waals surface area contributed by atoms with Gasteiger partial charge in [0.1, 0.15) is 0 Å². The standard InChI is InChI=1S/C19H15AsNO.C19H15AsN.C19H15BN.C19H15NOP.C19H15NP.15C2H6/c1-13-10-11-16-15-7-3-5-9-18(15)20(22)17-8-4-2-6-14(17)12-21(13)19(16)20;2*1-13-10-11-16-15-7-3-5-9-18(15)20-17-8-4-2-6-14(17)12-21(13)19(16)20;1-13-10-11-16-15-7-3-5-9-18(15)22(21)17-8-4-2-6-14(17)12-20(13)19(16)22;1-13-10-11-16-15-7-3-5-9-18(15)21-17-8-4-2-6-14(17)12-20(13)19(16)21;15*1-2/h2-11H,12H2,1H3;2*2-11H,12H2,1H3;2-11H,12H2,1H3;2-11H,12H2,1H3;15*1-2H3/q5*+1;;;;;;;;;;;;;;;. The van der Waals surface area contributed by atoms with Crippen LogP contribution in [0.25, 0.3) is 71.0 Å². The fraction of sp³-hybridized carbons (Fsp3) is 0.320. The van der Waals surface area contributed by atoms with E-state index in [-0.39, 0.29) is 7.53 Å². The van der Waals surface area contributed by atoms with Crippen molar-refractivity contribution in [3.05, 3.63) is 360 Å². The monoisotopic (exact) mass is 1990 g/mol. The molecule has 720 valence electrons. The van der Waals surface area contributed by atoms with Gasteiger partial charge in [0.25, 0.3) is 5.44 Å². The molecule has 0 saturated heterocycles. The molecule has 0 saturated carbocycles. The number of benzene rings is 10. The summed E-state index contributed by atoms with van der Waals surface area (Å²) in [5, 5.41) is 9.51. The summed E-state index contributed by atoms with van der Waals surface area (Å²) < 4.78 is 48.8. The normalized spacial score (nSPS) is 14.0. The predicted molar refractivity (Wildman–Crippen MR) is 610 cm³/mol. The van der Waals surface area contributed by atoms with Gasteiger partial charge in [-0.25, -0.2) is 4.57 Å². The number of aryl methyl sites for hydroxylation is 5. The second-order valence-corrected chi connectivity index (χ2v) is 44.2. The van der Waals surface area contributed by atoms with Crippen LogP contribution >= 0.6 is 14.7 Å². The Labute approximate surface area is 838 Å². The van der Waals surface area contributed by atoms with E-state index in [1.807, 2.05) is 268 Å². The summed E-state index contributed by atoms with van der Waals surface area (Å²) >= 11 is -4.88. The molecule has 12 heteroatoms. The Bertz CT molecular complexity index is 6390. The molecule has 25 rings (SSSR count). The molecule has 10 aromatic carbocycles. The van der Waals surface area contributed by atoms with Crippen molar-refractivity contribution >= 4 is 130 Å². The van der Waals surface area contributed by atoms with Gasteiger partial charge in [0.05, 0.1) is 10.9 Å². The summed E-state index contributed by atoms with van der Waals surface area (Å²) in [7, 11) is -3.11. The van der Waals surface area contributed by atoms with E-state index in [9.17, 15) is 8.30 Å². The number of rotatable bonds is 0. The third kappa shape index (κ3) is 21.8. The van der Waals surface area contributed by atoms with Crippen LogP contribution in [0.3, 0.4) is 0 Å². The first-order chi connectivity index (χ1) is 67.4. The summed E-state index contributed by atoms with van der Waals surface area (Å²) in [6.45, 7) is 76.0. The van der Waals surface area contributed by atoms with E-state index < -0.39 is 35.3 Å². The second-order valence-electron chi connectivity index (χ2n) is 29.7. The number of aromatic nitrogens is 5. The fourth-order valence-electron chi connectivity index (χ4n) is 19.1. The number of hydrogen-bond acceptors (Lipinski definition) is 2. The van der Waals surface area contributed by atoms with Gasteiger partial charge in [-0.2, -0.15) is 9.13 Å². The maximum Gasteiger partial charge on any atom is 0.235 e. The van der Waals surface area contributed by atoms with E-state index in [4.69, 9.17) is 0 Å². The van der Waals surface area contributed by atoms with E-state index in [1.165, 1.54) is 117 Å². The van der Waals surface area contributed by atoms with Crippen LogP contribution in [0.5, 0.6) is 0 Å². The molecule has 0 amide bonds. The molecule has 4 atom stereocenters. The Kier molecular flexibility index (Phi) is 47.5. The predicted octanol–water partition coefficient (Wildman–Crippen LogP) is 25.9. The van der Waals surface area contributed by atoms with Crippen LogP contribution in [0.1, 0.15) is 264 Å². The zero-order valence-corrected chi connectivity index (χ0v) is 95.9. The van der Waals surface area contributed by atoms with Crippen LogP contribution in [-0.4, -0.2) is 34.9 Å². The van der Waals surface area contributed by atoms with Gasteiger partial charge in [-0.05, 0) is 43.4 Å². The van der Waals surface area contributed by atoms with Crippen LogP contribution in [0.4, 0.5) is 0 Å². The van der Waals surface area contributed by atoms with Crippen molar-refractivity contribution in [3.63, 3.8) is 0 Å². The summed E-state index contributed by atoms with van der Waals surface area (Å²) in [5.74, 6) is 0. The smallest absolute Gasteiger partial charge is 0.188 e. The molecule has 9 aliphatic heterocycles. The van der Waals surface area contributed by atoms with Gasteiger partial charge in [-0.15, -0.1) is 0 Å². The van der Waals surface area contributed by atoms with Gasteiger partial charge in [0.15, 0.2) is 42.3 Å². The molecule has 6 aromatic heterocycles. The van der Waals surface area contributed by atoms with E-state index in [0.29, 0.717) is 6.71 Å². The van der Waals surface area contributed by atoms with Crippen molar-refractivity contribution < 1.29 is 31.1 Å². The topological polar surface area (TPSA) is 53.5 Å². The van der Waals surface area contributed by atoms with E-state index in [1.54, 1.807) is 23.7 Å². The van der Waals surface area contributed by atoms with Crippen molar-refractivity contribution in [1.82, 2.24) is 0 Å². The Morgan fingerprint density at radius 1 is 0.285 bits per heavy atom. The molecule has 0 N–H and O–H groups in total. The quantitative estimate of drug-likeness (QED) is 0.0863. The minimum atomic E-state index is -3.53. The summed E-state index contributed by atoms with van der Waals surface area (Å²) in [6, 6.07) is 109. The minimum absolute atomic E-state index is 0.378. The molecular weight excluding hydrogens is 1830 g/mol. The molecule has 0 radical (unpaired) electrons. The Morgan fingerprint density at radius 3 is 1.31 bits per heavy atom. The Balaban J connectivity index is 0.000000245. The third-order valence-electron chi connectivity index (χ3n) is 24.1. The largest absolute Gasteiger partial charge is 0.235 e. The van der Waals surface area contributed by atoms with Crippen LogP contribution in [-0.2, 0) is 41.0 Å². The minimum Gasteiger partial charge on any atom is -0.188 e. The molecule has 0 fully saturated rings. The van der Waals surface area contributed by atoms with Crippen molar-refractivity contribution in [2.24, 2.45) is 0 Å². The fourth-order valence-corrected chi connectivity index (χ4v) is 39.1. The van der Waals surface area contributed by atoms with Crippen LogP contribution in [0.15, 0.2) is 303 Å². The van der Waals surface area contributed by atoms with Crippen LogP contribution in [0.2, 0.25) is 0 Å². The van der Waals surface area contributed by atoms with E-state index in [0.717, 1.165) is 78.6 Å². The maximum absolute atomic E-state index is 14.3. The summed E-state index contributed by atoms with van der Waals surface area (Å²) in [4.78, 5) is 0. The van der Waals surface area contributed by atoms with Gasteiger partial charge in [0.2, 0.25) is 12.4 Å². The zero-order valence-electron chi connectivity index (χ0n) is 90.3. The van der Waals surface area contributed by atoms with Crippen LogP contribution in [0, 0.1) is 34.6 Å². The first-order valence-electron chi connectivity index (χ1n) is 52.3.